The molecule has 2 aromatic carbocycles. The molecule has 0 N–H and O–H groups in total. The second kappa shape index (κ2) is 8.16. The standard InChI is InChI=1S/C20H17ClN4O2S/c1-2-11-25-19(26)14-8-4-6-10-16(14)22-20(25)28-12-17-23-18(27-24-17)13-7-3-5-9-15(13)21/h3-10H,2,11-12H2,1H3. The molecule has 4 rings (SSSR count). The summed E-state index contributed by atoms with van der Waals surface area (Å²) in [6.07, 6.45) is 0.840. The number of fused-ring (bicyclic) bond motifs is 1. The fourth-order valence-electron chi connectivity index (χ4n) is 2.86. The van der Waals surface area contributed by atoms with Gasteiger partial charge in [0.2, 0.25) is 0 Å². The summed E-state index contributed by atoms with van der Waals surface area (Å²) in [4.78, 5) is 21.9. The first kappa shape index (κ1) is 18.7. The molecule has 0 aliphatic rings. The monoisotopic (exact) mass is 412 g/mol. The Morgan fingerprint density at radius 3 is 2.71 bits per heavy atom. The molecule has 6 nitrogen and oxygen atoms in total. The van der Waals surface area contributed by atoms with E-state index in [9.17, 15) is 4.79 Å². The maximum absolute atomic E-state index is 12.8. The van der Waals surface area contributed by atoms with Crippen molar-refractivity contribution in [3.05, 3.63) is 69.7 Å². The number of rotatable bonds is 6. The lowest BCUT2D eigenvalue weighted by Gasteiger charge is -2.11. The van der Waals surface area contributed by atoms with Crippen LogP contribution in [-0.4, -0.2) is 19.7 Å². The van der Waals surface area contributed by atoms with Gasteiger partial charge in [0, 0.05) is 6.54 Å². The van der Waals surface area contributed by atoms with Crippen molar-refractivity contribution in [1.29, 1.82) is 0 Å². The Balaban J connectivity index is 1.62. The number of aromatic nitrogens is 4. The van der Waals surface area contributed by atoms with Gasteiger partial charge in [0.15, 0.2) is 11.0 Å². The Hall–Kier alpha value is -2.64. The molecule has 0 aliphatic carbocycles. The average Bonchev–Trinajstić information content (AvgIpc) is 3.18. The SMILES string of the molecule is CCCn1c(SCc2noc(-c3ccccc3Cl)n2)nc2ccccc2c1=O. The Labute approximate surface area is 170 Å². The predicted octanol–water partition coefficient (Wildman–Crippen LogP) is 4.80. The summed E-state index contributed by atoms with van der Waals surface area (Å²) >= 11 is 7.60. The first-order valence-corrected chi connectivity index (χ1v) is 10.2. The van der Waals surface area contributed by atoms with E-state index in [0.29, 0.717) is 50.7 Å². The van der Waals surface area contributed by atoms with Crippen LogP contribution >= 0.6 is 23.4 Å². The van der Waals surface area contributed by atoms with Gasteiger partial charge in [-0.15, -0.1) is 0 Å². The first-order valence-electron chi connectivity index (χ1n) is 8.87. The number of halogens is 1. The van der Waals surface area contributed by atoms with Crippen molar-refractivity contribution in [1.82, 2.24) is 19.7 Å². The molecule has 2 heterocycles. The normalized spacial score (nSPS) is 11.2. The Bertz CT molecular complexity index is 1190. The summed E-state index contributed by atoms with van der Waals surface area (Å²) in [7, 11) is 0. The van der Waals surface area contributed by atoms with E-state index < -0.39 is 0 Å². The summed E-state index contributed by atoms with van der Waals surface area (Å²) in [5.74, 6) is 1.33. The first-order chi connectivity index (χ1) is 13.7. The number of benzene rings is 2. The number of hydrogen-bond acceptors (Lipinski definition) is 6. The number of para-hydroxylation sites is 1. The van der Waals surface area contributed by atoms with Gasteiger partial charge in [0.1, 0.15) is 0 Å². The lowest BCUT2D eigenvalue weighted by atomic mass is 10.2. The highest BCUT2D eigenvalue weighted by Crippen LogP contribution is 2.27. The van der Waals surface area contributed by atoms with Crippen LogP contribution < -0.4 is 5.56 Å². The molecule has 0 saturated carbocycles. The van der Waals surface area contributed by atoms with Crippen LogP contribution in [0.2, 0.25) is 5.02 Å². The van der Waals surface area contributed by atoms with E-state index in [1.165, 1.54) is 11.8 Å². The smallest absolute Gasteiger partial charge is 0.262 e. The van der Waals surface area contributed by atoms with Gasteiger partial charge in [-0.2, -0.15) is 4.98 Å². The van der Waals surface area contributed by atoms with Gasteiger partial charge in [-0.1, -0.05) is 59.7 Å². The van der Waals surface area contributed by atoms with Crippen molar-refractivity contribution in [2.75, 3.05) is 0 Å². The molecular weight excluding hydrogens is 396 g/mol. The largest absolute Gasteiger partial charge is 0.334 e. The summed E-state index contributed by atoms with van der Waals surface area (Å²) in [6.45, 7) is 2.64. The third kappa shape index (κ3) is 3.68. The van der Waals surface area contributed by atoms with Crippen LogP contribution in [0.5, 0.6) is 0 Å². The number of thioether (sulfide) groups is 1. The van der Waals surface area contributed by atoms with Crippen LogP contribution in [0, 0.1) is 0 Å². The third-order valence-corrected chi connectivity index (χ3v) is 5.48. The van der Waals surface area contributed by atoms with Crippen LogP contribution in [-0.2, 0) is 12.3 Å². The van der Waals surface area contributed by atoms with Gasteiger partial charge in [-0.05, 0) is 30.7 Å². The van der Waals surface area contributed by atoms with E-state index in [-0.39, 0.29) is 5.56 Å². The van der Waals surface area contributed by atoms with Crippen molar-refractivity contribution < 1.29 is 4.52 Å². The highest BCUT2D eigenvalue weighted by atomic mass is 35.5. The van der Waals surface area contributed by atoms with Crippen molar-refractivity contribution in [3.8, 4) is 11.5 Å². The van der Waals surface area contributed by atoms with E-state index in [1.54, 1.807) is 16.7 Å². The molecule has 0 bridgehead atoms. The Morgan fingerprint density at radius 1 is 1.11 bits per heavy atom. The highest BCUT2D eigenvalue weighted by molar-refractivity contribution is 7.98. The minimum Gasteiger partial charge on any atom is -0.334 e. The highest BCUT2D eigenvalue weighted by Gasteiger charge is 2.15. The van der Waals surface area contributed by atoms with Crippen molar-refractivity contribution in [3.63, 3.8) is 0 Å². The maximum Gasteiger partial charge on any atom is 0.262 e. The maximum atomic E-state index is 12.8. The molecule has 142 valence electrons. The van der Waals surface area contributed by atoms with E-state index in [1.807, 2.05) is 43.3 Å². The Kier molecular flexibility index (Phi) is 5.45. The lowest BCUT2D eigenvalue weighted by Crippen LogP contribution is -2.23. The average molecular weight is 413 g/mol. The lowest BCUT2D eigenvalue weighted by molar-refractivity contribution is 0.425. The number of hydrogen-bond donors (Lipinski definition) is 0. The summed E-state index contributed by atoms with van der Waals surface area (Å²) < 4.78 is 7.05. The predicted molar refractivity (Wildman–Crippen MR) is 111 cm³/mol. The topological polar surface area (TPSA) is 73.8 Å². The minimum absolute atomic E-state index is 0.0279. The van der Waals surface area contributed by atoms with Gasteiger partial charge >= 0.3 is 0 Å². The summed E-state index contributed by atoms with van der Waals surface area (Å²) in [6, 6.07) is 14.7. The van der Waals surface area contributed by atoms with Crippen LogP contribution in [0.4, 0.5) is 0 Å². The van der Waals surface area contributed by atoms with Crippen molar-refractivity contribution in [2.45, 2.75) is 30.8 Å². The van der Waals surface area contributed by atoms with Crippen molar-refractivity contribution in [2.24, 2.45) is 0 Å². The van der Waals surface area contributed by atoms with E-state index >= 15 is 0 Å². The molecule has 0 aliphatic heterocycles. The second-order valence-electron chi connectivity index (χ2n) is 6.15. The molecule has 8 heteroatoms. The fraction of sp³-hybridized carbons (Fsp3) is 0.200. The van der Waals surface area contributed by atoms with Crippen LogP contribution in [0.15, 0.2) is 63.0 Å². The zero-order valence-electron chi connectivity index (χ0n) is 15.1. The zero-order chi connectivity index (χ0) is 19.5. The van der Waals surface area contributed by atoms with Gasteiger partial charge in [0.05, 0.1) is 27.2 Å². The minimum atomic E-state index is -0.0279. The van der Waals surface area contributed by atoms with E-state index in [0.717, 1.165) is 6.42 Å². The summed E-state index contributed by atoms with van der Waals surface area (Å²) in [5, 5.41) is 5.86. The van der Waals surface area contributed by atoms with E-state index in [2.05, 4.69) is 15.1 Å². The second-order valence-corrected chi connectivity index (χ2v) is 7.50. The quantitative estimate of drug-likeness (QED) is 0.334. The molecule has 0 radical (unpaired) electrons. The molecule has 28 heavy (non-hydrogen) atoms. The molecular formula is C20H17ClN4O2S. The molecule has 0 fully saturated rings. The molecule has 4 aromatic rings. The Morgan fingerprint density at radius 2 is 1.89 bits per heavy atom. The van der Waals surface area contributed by atoms with Crippen LogP contribution in [0.25, 0.3) is 22.4 Å². The molecule has 0 saturated heterocycles. The van der Waals surface area contributed by atoms with Gasteiger partial charge < -0.3 is 4.52 Å². The van der Waals surface area contributed by atoms with Gasteiger partial charge in [-0.3, -0.25) is 9.36 Å². The van der Waals surface area contributed by atoms with Gasteiger partial charge in [0.25, 0.3) is 11.4 Å². The van der Waals surface area contributed by atoms with E-state index in [4.69, 9.17) is 16.1 Å². The third-order valence-electron chi connectivity index (χ3n) is 4.18. The van der Waals surface area contributed by atoms with Crippen LogP contribution in [0.3, 0.4) is 0 Å². The molecule has 0 unspecified atom stereocenters. The molecule has 0 spiro atoms. The van der Waals surface area contributed by atoms with Gasteiger partial charge in [-0.25, -0.2) is 4.98 Å². The summed E-state index contributed by atoms with van der Waals surface area (Å²) in [5.41, 5.74) is 1.35. The molecule has 2 aromatic heterocycles. The van der Waals surface area contributed by atoms with Crippen molar-refractivity contribution >= 4 is 34.3 Å². The zero-order valence-corrected chi connectivity index (χ0v) is 16.7. The molecule has 0 atom stereocenters. The number of nitrogens with zero attached hydrogens (tertiary/aromatic N) is 4. The molecule has 0 amide bonds. The fourth-order valence-corrected chi connectivity index (χ4v) is 3.95. The van der Waals surface area contributed by atoms with Crippen LogP contribution in [0.1, 0.15) is 19.2 Å².